The van der Waals surface area contributed by atoms with Crippen molar-refractivity contribution in [2.75, 3.05) is 26.9 Å². The summed E-state index contributed by atoms with van der Waals surface area (Å²) < 4.78 is 10.5. The molecule has 2 rings (SSSR count). The van der Waals surface area contributed by atoms with Crippen LogP contribution in [-0.4, -0.2) is 37.9 Å². The maximum absolute atomic E-state index is 11.7. The molecule has 1 aliphatic heterocycles. The Labute approximate surface area is 124 Å². The zero-order chi connectivity index (χ0) is 15.5. The average Bonchev–Trinajstić information content (AvgIpc) is 2.93. The Morgan fingerprint density at radius 1 is 1.38 bits per heavy atom. The third kappa shape index (κ3) is 3.65. The Morgan fingerprint density at radius 3 is 2.81 bits per heavy atom. The minimum Gasteiger partial charge on any atom is -0.454 e. The number of aliphatic hydroxyl groups excluding tert-OH is 1. The van der Waals surface area contributed by atoms with Gasteiger partial charge in [-0.2, -0.15) is 0 Å². The Morgan fingerprint density at radius 2 is 2.10 bits per heavy atom. The van der Waals surface area contributed by atoms with E-state index >= 15 is 0 Å². The molecule has 0 aliphatic carbocycles. The SMILES string of the molecule is CNC(=O)C(C)(C)CNCC(O)c1ccc2c(c1)OCO2. The topological polar surface area (TPSA) is 79.8 Å². The maximum Gasteiger partial charge on any atom is 0.231 e. The van der Waals surface area contributed by atoms with Gasteiger partial charge in [-0.3, -0.25) is 4.79 Å². The Bertz CT molecular complexity index is 516. The van der Waals surface area contributed by atoms with Crippen LogP contribution < -0.4 is 20.1 Å². The third-order valence-electron chi connectivity index (χ3n) is 3.53. The fraction of sp³-hybridized carbons (Fsp3) is 0.533. The molecule has 0 spiro atoms. The number of ether oxygens (including phenoxy) is 2. The van der Waals surface area contributed by atoms with E-state index in [0.717, 1.165) is 5.56 Å². The van der Waals surface area contributed by atoms with Crippen molar-refractivity contribution in [2.24, 2.45) is 5.41 Å². The van der Waals surface area contributed by atoms with E-state index in [2.05, 4.69) is 10.6 Å². The predicted octanol–water partition coefficient (Wildman–Crippen LogP) is 0.811. The van der Waals surface area contributed by atoms with E-state index in [9.17, 15) is 9.90 Å². The van der Waals surface area contributed by atoms with Crippen molar-refractivity contribution in [3.8, 4) is 11.5 Å². The molecule has 1 amide bonds. The standard InChI is InChI=1S/C15H22N2O4/c1-15(2,14(19)16-3)8-17-7-11(18)10-4-5-12-13(6-10)21-9-20-12/h4-6,11,17-18H,7-9H2,1-3H3,(H,16,19). The number of carbonyl (C=O) groups is 1. The molecule has 1 aromatic carbocycles. The van der Waals surface area contributed by atoms with E-state index in [0.29, 0.717) is 24.6 Å². The first-order chi connectivity index (χ1) is 9.94. The molecule has 0 saturated carbocycles. The monoisotopic (exact) mass is 294 g/mol. The van der Waals surface area contributed by atoms with E-state index in [1.54, 1.807) is 19.2 Å². The second-order valence-electron chi connectivity index (χ2n) is 5.72. The van der Waals surface area contributed by atoms with Crippen LogP contribution in [0.1, 0.15) is 25.5 Å². The Balaban J connectivity index is 1.87. The van der Waals surface area contributed by atoms with Gasteiger partial charge >= 0.3 is 0 Å². The molecule has 1 aliphatic rings. The van der Waals surface area contributed by atoms with Crippen LogP contribution in [0.3, 0.4) is 0 Å². The molecule has 1 atom stereocenters. The summed E-state index contributed by atoms with van der Waals surface area (Å²) in [7, 11) is 1.62. The number of carbonyl (C=O) groups excluding carboxylic acids is 1. The van der Waals surface area contributed by atoms with Crippen LogP contribution in [-0.2, 0) is 4.79 Å². The highest BCUT2D eigenvalue weighted by Gasteiger charge is 2.26. The second kappa shape index (κ2) is 6.32. The Hall–Kier alpha value is -1.79. The molecule has 3 N–H and O–H groups in total. The summed E-state index contributed by atoms with van der Waals surface area (Å²) in [6.45, 7) is 4.76. The fourth-order valence-electron chi connectivity index (χ4n) is 2.18. The minimum atomic E-state index is -0.667. The average molecular weight is 294 g/mol. The number of amides is 1. The Kier molecular flexibility index (Phi) is 4.69. The first kappa shape index (κ1) is 15.6. The smallest absolute Gasteiger partial charge is 0.231 e. The van der Waals surface area contributed by atoms with Crippen LogP contribution in [0.25, 0.3) is 0 Å². The van der Waals surface area contributed by atoms with E-state index in [4.69, 9.17) is 9.47 Å². The van der Waals surface area contributed by atoms with Gasteiger partial charge in [0.2, 0.25) is 12.7 Å². The van der Waals surface area contributed by atoms with E-state index in [-0.39, 0.29) is 12.7 Å². The number of rotatable bonds is 6. The van der Waals surface area contributed by atoms with Gasteiger partial charge in [-0.05, 0) is 31.5 Å². The highest BCUT2D eigenvalue weighted by Crippen LogP contribution is 2.34. The van der Waals surface area contributed by atoms with Gasteiger partial charge in [0.25, 0.3) is 0 Å². The van der Waals surface area contributed by atoms with Crippen LogP contribution in [0, 0.1) is 5.41 Å². The van der Waals surface area contributed by atoms with Crippen molar-refractivity contribution in [3.05, 3.63) is 23.8 Å². The quantitative estimate of drug-likeness (QED) is 0.723. The summed E-state index contributed by atoms with van der Waals surface area (Å²) in [6, 6.07) is 5.37. The van der Waals surface area contributed by atoms with Gasteiger partial charge in [0.05, 0.1) is 11.5 Å². The predicted molar refractivity (Wildman–Crippen MR) is 78.2 cm³/mol. The van der Waals surface area contributed by atoms with Crippen LogP contribution >= 0.6 is 0 Å². The normalized spacial score (nSPS) is 14.9. The van der Waals surface area contributed by atoms with Gasteiger partial charge in [-0.15, -0.1) is 0 Å². The number of fused-ring (bicyclic) bond motifs is 1. The largest absolute Gasteiger partial charge is 0.454 e. The number of hydrogen-bond donors (Lipinski definition) is 3. The van der Waals surface area contributed by atoms with Crippen LogP contribution in [0.4, 0.5) is 0 Å². The molecule has 0 fully saturated rings. The summed E-state index contributed by atoms with van der Waals surface area (Å²) in [6.07, 6.45) is -0.667. The summed E-state index contributed by atoms with van der Waals surface area (Å²) in [5, 5.41) is 15.9. The highest BCUT2D eigenvalue weighted by molar-refractivity contribution is 5.81. The highest BCUT2D eigenvalue weighted by atomic mass is 16.7. The molecule has 1 unspecified atom stereocenters. The summed E-state index contributed by atoms with van der Waals surface area (Å²) in [4.78, 5) is 11.7. The van der Waals surface area contributed by atoms with Crippen molar-refractivity contribution < 1.29 is 19.4 Å². The third-order valence-corrected chi connectivity index (χ3v) is 3.53. The molecule has 6 heteroatoms. The molecule has 116 valence electrons. The number of benzene rings is 1. The second-order valence-corrected chi connectivity index (χ2v) is 5.72. The maximum atomic E-state index is 11.7. The lowest BCUT2D eigenvalue weighted by atomic mass is 9.92. The van der Waals surface area contributed by atoms with Gasteiger partial charge < -0.3 is 25.2 Å². The summed E-state index contributed by atoms with van der Waals surface area (Å²) in [5.74, 6) is 1.31. The van der Waals surface area contributed by atoms with Gasteiger partial charge in [0, 0.05) is 20.1 Å². The molecule has 0 saturated heterocycles. The molecule has 1 heterocycles. The van der Waals surface area contributed by atoms with Gasteiger partial charge in [-0.1, -0.05) is 6.07 Å². The molecular formula is C15H22N2O4. The van der Waals surface area contributed by atoms with Crippen molar-refractivity contribution in [2.45, 2.75) is 20.0 Å². The molecule has 0 radical (unpaired) electrons. The van der Waals surface area contributed by atoms with Gasteiger partial charge in [0.15, 0.2) is 11.5 Å². The molecule has 1 aromatic rings. The van der Waals surface area contributed by atoms with E-state index in [1.165, 1.54) is 0 Å². The van der Waals surface area contributed by atoms with Gasteiger partial charge in [0.1, 0.15) is 0 Å². The van der Waals surface area contributed by atoms with Crippen LogP contribution in [0.2, 0.25) is 0 Å². The minimum absolute atomic E-state index is 0.0347. The van der Waals surface area contributed by atoms with E-state index < -0.39 is 11.5 Å². The fourth-order valence-corrected chi connectivity index (χ4v) is 2.18. The van der Waals surface area contributed by atoms with Crippen LogP contribution in [0.5, 0.6) is 11.5 Å². The molecule has 0 bridgehead atoms. The first-order valence-electron chi connectivity index (χ1n) is 6.94. The molecular weight excluding hydrogens is 272 g/mol. The van der Waals surface area contributed by atoms with Crippen molar-refractivity contribution in [1.29, 1.82) is 0 Å². The summed E-state index contributed by atoms with van der Waals surface area (Å²) in [5.41, 5.74) is 0.230. The molecule has 0 aromatic heterocycles. The lowest BCUT2D eigenvalue weighted by Crippen LogP contribution is -2.42. The first-order valence-corrected chi connectivity index (χ1v) is 6.94. The number of aliphatic hydroxyl groups is 1. The lowest BCUT2D eigenvalue weighted by Gasteiger charge is -2.24. The van der Waals surface area contributed by atoms with Crippen molar-refractivity contribution in [1.82, 2.24) is 10.6 Å². The van der Waals surface area contributed by atoms with E-state index in [1.807, 2.05) is 19.9 Å². The number of nitrogens with one attached hydrogen (secondary N) is 2. The molecule has 6 nitrogen and oxygen atoms in total. The lowest BCUT2D eigenvalue weighted by molar-refractivity contribution is -0.128. The van der Waals surface area contributed by atoms with Crippen molar-refractivity contribution in [3.63, 3.8) is 0 Å². The van der Waals surface area contributed by atoms with Gasteiger partial charge in [-0.25, -0.2) is 0 Å². The summed E-state index contributed by atoms with van der Waals surface area (Å²) >= 11 is 0. The van der Waals surface area contributed by atoms with Crippen LogP contribution in [0.15, 0.2) is 18.2 Å². The number of hydrogen-bond acceptors (Lipinski definition) is 5. The van der Waals surface area contributed by atoms with Crippen molar-refractivity contribution >= 4 is 5.91 Å². The molecule has 21 heavy (non-hydrogen) atoms. The zero-order valence-corrected chi connectivity index (χ0v) is 12.6. The zero-order valence-electron chi connectivity index (χ0n) is 12.6.